The highest BCUT2D eigenvalue weighted by Crippen LogP contribution is 2.25. The summed E-state index contributed by atoms with van der Waals surface area (Å²) in [6, 6.07) is 11.7. The molecule has 0 radical (unpaired) electrons. The predicted molar refractivity (Wildman–Crippen MR) is 156 cm³/mol. The summed E-state index contributed by atoms with van der Waals surface area (Å²) < 4.78 is 2.18. The third-order valence-corrected chi connectivity index (χ3v) is 9.55. The summed E-state index contributed by atoms with van der Waals surface area (Å²) in [6.45, 7) is 13.3. The first-order chi connectivity index (χ1) is 17.2. The monoisotopic (exact) mass is 658 g/mol. The Hall–Kier alpha value is -0.510. The molecule has 0 spiro atoms. The Kier molecular flexibility index (Phi) is 10.3. The Morgan fingerprint density at radius 1 is 0.722 bits per heavy atom. The van der Waals surface area contributed by atoms with Crippen LogP contribution in [0.15, 0.2) is 45.3 Å². The van der Waals surface area contributed by atoms with Gasteiger partial charge in [0.05, 0.1) is 12.1 Å². The lowest BCUT2D eigenvalue weighted by Crippen LogP contribution is -2.57. The lowest BCUT2D eigenvalue weighted by atomic mass is 10.0. The number of ketones is 1. The van der Waals surface area contributed by atoms with Crippen molar-refractivity contribution < 1.29 is 4.79 Å². The van der Waals surface area contributed by atoms with Crippen molar-refractivity contribution in [3.63, 3.8) is 0 Å². The number of Topliss-reactive ketones (excluding diaryl/α,β-unsaturated/α-hetero) is 1. The second-order valence-corrected chi connectivity index (χ2v) is 12.4. The topological polar surface area (TPSA) is 30.0 Å². The van der Waals surface area contributed by atoms with Gasteiger partial charge in [-0.05, 0) is 61.4 Å². The summed E-state index contributed by atoms with van der Waals surface area (Å²) in [5.74, 6) is 0.326. The van der Waals surface area contributed by atoms with E-state index in [-0.39, 0.29) is 12.1 Å². The van der Waals surface area contributed by atoms with Crippen molar-refractivity contribution in [1.82, 2.24) is 19.6 Å². The molecule has 2 aliphatic heterocycles. The molecule has 0 aliphatic carbocycles. The zero-order valence-corrected chi connectivity index (χ0v) is 25.6. The van der Waals surface area contributed by atoms with Crippen LogP contribution in [0.3, 0.4) is 0 Å². The number of halogens is 4. The number of hydrogen-bond donors (Lipinski definition) is 0. The van der Waals surface area contributed by atoms with Crippen LogP contribution in [-0.2, 0) is 17.9 Å². The summed E-state index contributed by atoms with van der Waals surface area (Å²) in [4.78, 5) is 23.0. The minimum atomic E-state index is -0.0690. The summed E-state index contributed by atoms with van der Waals surface area (Å²) in [6.07, 6.45) is 0. The summed E-state index contributed by atoms with van der Waals surface area (Å²) in [5, 5.41) is 1.52. The predicted octanol–water partition coefficient (Wildman–Crippen LogP) is 5.80. The van der Waals surface area contributed by atoms with Crippen LogP contribution in [0.2, 0.25) is 10.0 Å². The molecule has 2 aliphatic rings. The van der Waals surface area contributed by atoms with E-state index in [1.165, 1.54) is 11.1 Å². The Morgan fingerprint density at radius 3 is 1.44 bits per heavy atom. The highest BCUT2D eigenvalue weighted by atomic mass is 79.9. The summed E-state index contributed by atoms with van der Waals surface area (Å²) in [5.41, 5.74) is 2.41. The summed E-state index contributed by atoms with van der Waals surface area (Å²) >= 11 is 19.6. The maximum atomic E-state index is 13.4. The van der Waals surface area contributed by atoms with E-state index in [0.29, 0.717) is 5.78 Å². The largest absolute Gasteiger partial charge is 0.296 e. The van der Waals surface area contributed by atoms with Gasteiger partial charge in [-0.25, -0.2) is 0 Å². The van der Waals surface area contributed by atoms with E-state index >= 15 is 0 Å². The van der Waals surface area contributed by atoms with Crippen molar-refractivity contribution in [1.29, 1.82) is 0 Å². The zero-order chi connectivity index (χ0) is 25.8. The van der Waals surface area contributed by atoms with Crippen LogP contribution in [-0.4, -0.2) is 89.8 Å². The molecule has 196 valence electrons. The van der Waals surface area contributed by atoms with Gasteiger partial charge in [0.1, 0.15) is 0 Å². The van der Waals surface area contributed by atoms with E-state index in [4.69, 9.17) is 23.2 Å². The Balaban J connectivity index is 1.23. The van der Waals surface area contributed by atoms with Crippen LogP contribution in [0.4, 0.5) is 0 Å². The first-order valence-corrected chi connectivity index (χ1v) is 14.9. The van der Waals surface area contributed by atoms with Crippen LogP contribution < -0.4 is 0 Å². The molecule has 0 saturated carbocycles. The van der Waals surface area contributed by atoms with Crippen molar-refractivity contribution in [3.8, 4) is 0 Å². The van der Waals surface area contributed by atoms with Gasteiger partial charge < -0.3 is 0 Å². The van der Waals surface area contributed by atoms with Gasteiger partial charge in [0.25, 0.3) is 0 Å². The standard InChI is InChI=1S/C27H34Br2Cl2N4O/c1-19(34-11-7-32(8-12-34)17-21-15-23(30)3-5-25(21)28)27(36)20(2)35-13-9-33(10-14-35)18-22-16-24(31)4-6-26(22)29/h3-6,15-16,19-20H,7-14,17-18H2,1-2H3. The van der Waals surface area contributed by atoms with E-state index in [0.717, 1.165) is 84.4 Å². The molecule has 2 aromatic carbocycles. The first-order valence-electron chi connectivity index (χ1n) is 12.6. The quantitative estimate of drug-likeness (QED) is 0.357. The van der Waals surface area contributed by atoms with Gasteiger partial charge in [-0.1, -0.05) is 55.1 Å². The maximum absolute atomic E-state index is 13.4. The molecule has 2 saturated heterocycles. The highest BCUT2D eigenvalue weighted by Gasteiger charge is 2.32. The lowest BCUT2D eigenvalue weighted by molar-refractivity contribution is -0.130. The molecule has 0 N–H and O–H groups in total. The Bertz CT molecular complexity index is 975. The third-order valence-electron chi connectivity index (χ3n) is 7.54. The molecule has 2 unspecified atom stereocenters. The fourth-order valence-electron chi connectivity index (χ4n) is 5.14. The minimum Gasteiger partial charge on any atom is -0.296 e. The molecule has 4 rings (SSSR count). The van der Waals surface area contributed by atoms with Gasteiger partial charge in [0.15, 0.2) is 5.78 Å². The van der Waals surface area contributed by atoms with Gasteiger partial charge >= 0.3 is 0 Å². The second kappa shape index (κ2) is 13.0. The number of hydrogen-bond acceptors (Lipinski definition) is 5. The molecule has 2 fully saturated rings. The number of piperazine rings is 2. The fraction of sp³-hybridized carbons (Fsp3) is 0.519. The van der Waals surface area contributed by atoms with Gasteiger partial charge in [-0.15, -0.1) is 0 Å². The Morgan fingerprint density at radius 2 is 1.08 bits per heavy atom. The van der Waals surface area contributed by atoms with E-state index < -0.39 is 0 Å². The van der Waals surface area contributed by atoms with Crippen molar-refractivity contribution in [2.24, 2.45) is 0 Å². The molecule has 2 atom stereocenters. The zero-order valence-electron chi connectivity index (χ0n) is 20.9. The molecule has 2 aromatic rings. The summed E-state index contributed by atoms with van der Waals surface area (Å²) in [7, 11) is 0. The fourth-order valence-corrected chi connectivity index (χ4v) is 6.27. The second-order valence-electron chi connectivity index (χ2n) is 9.85. The molecule has 0 bridgehead atoms. The van der Waals surface area contributed by atoms with Crippen LogP contribution in [0.5, 0.6) is 0 Å². The normalized spacial score (nSPS) is 20.4. The first kappa shape index (κ1) is 28.5. The van der Waals surface area contributed by atoms with Crippen LogP contribution in [0, 0.1) is 0 Å². The van der Waals surface area contributed by atoms with E-state index in [1.54, 1.807) is 0 Å². The van der Waals surface area contributed by atoms with E-state index in [2.05, 4.69) is 65.3 Å². The molecular formula is C27H34Br2Cl2N4O. The van der Waals surface area contributed by atoms with Crippen LogP contribution in [0.1, 0.15) is 25.0 Å². The molecule has 9 heteroatoms. The SMILES string of the molecule is CC(C(=O)C(C)N1CCN(Cc2cc(Cl)ccc2Br)CC1)N1CCN(Cc2cc(Cl)ccc2Br)CC1. The number of nitrogens with zero attached hydrogens (tertiary/aromatic N) is 4. The van der Waals surface area contributed by atoms with Crippen molar-refractivity contribution in [3.05, 3.63) is 66.5 Å². The van der Waals surface area contributed by atoms with Crippen molar-refractivity contribution >= 4 is 60.8 Å². The van der Waals surface area contributed by atoms with Gasteiger partial charge in [0.2, 0.25) is 0 Å². The van der Waals surface area contributed by atoms with Crippen LogP contribution in [0.25, 0.3) is 0 Å². The number of benzene rings is 2. The maximum Gasteiger partial charge on any atom is 0.166 e. The third kappa shape index (κ3) is 7.32. The number of carbonyl (C=O) groups is 1. The Labute approximate surface area is 241 Å². The molecule has 0 amide bonds. The van der Waals surface area contributed by atoms with Crippen LogP contribution >= 0.6 is 55.1 Å². The van der Waals surface area contributed by atoms with Gasteiger partial charge in [-0.3, -0.25) is 24.4 Å². The molecule has 36 heavy (non-hydrogen) atoms. The molecule has 5 nitrogen and oxygen atoms in total. The molecule has 0 aromatic heterocycles. The molecular weight excluding hydrogens is 627 g/mol. The van der Waals surface area contributed by atoms with Gasteiger partial charge in [0, 0.05) is 84.4 Å². The average molecular weight is 661 g/mol. The highest BCUT2D eigenvalue weighted by molar-refractivity contribution is 9.10. The van der Waals surface area contributed by atoms with E-state index in [9.17, 15) is 4.79 Å². The van der Waals surface area contributed by atoms with E-state index in [1.807, 2.05) is 36.4 Å². The minimum absolute atomic E-state index is 0.0690. The van der Waals surface area contributed by atoms with Crippen molar-refractivity contribution in [2.75, 3.05) is 52.4 Å². The molecule has 2 heterocycles. The van der Waals surface area contributed by atoms with Crippen molar-refractivity contribution in [2.45, 2.75) is 39.0 Å². The number of rotatable bonds is 8. The van der Waals surface area contributed by atoms with Gasteiger partial charge in [-0.2, -0.15) is 0 Å². The average Bonchev–Trinajstić information content (AvgIpc) is 2.88. The lowest BCUT2D eigenvalue weighted by Gasteiger charge is -2.41. The number of carbonyl (C=O) groups excluding carboxylic acids is 1. The smallest absolute Gasteiger partial charge is 0.166 e.